The Bertz CT molecular complexity index is 628. The van der Waals surface area contributed by atoms with Gasteiger partial charge in [-0.1, -0.05) is 35.9 Å². The van der Waals surface area contributed by atoms with Crippen LogP contribution in [0.5, 0.6) is 0 Å². The van der Waals surface area contributed by atoms with E-state index in [-0.39, 0.29) is 6.03 Å². The summed E-state index contributed by atoms with van der Waals surface area (Å²) in [7, 11) is 0. The van der Waals surface area contributed by atoms with Crippen molar-refractivity contribution in [2.75, 3.05) is 11.4 Å². The summed E-state index contributed by atoms with van der Waals surface area (Å²) < 4.78 is 0. The summed E-state index contributed by atoms with van der Waals surface area (Å²) in [5, 5.41) is 3.60. The lowest BCUT2D eigenvalue weighted by atomic mass is 10.2. The lowest BCUT2D eigenvalue weighted by molar-refractivity contribution is 0.246. The van der Waals surface area contributed by atoms with Crippen molar-refractivity contribution in [1.29, 1.82) is 0 Å². The molecule has 0 atom stereocenters. The van der Waals surface area contributed by atoms with Gasteiger partial charge in [-0.25, -0.2) is 4.79 Å². The van der Waals surface area contributed by atoms with E-state index in [2.05, 4.69) is 5.32 Å². The monoisotopic (exact) mass is 302 g/mol. The second kappa shape index (κ2) is 7.14. The van der Waals surface area contributed by atoms with Crippen LogP contribution in [0.4, 0.5) is 10.5 Å². The lowest BCUT2D eigenvalue weighted by Gasteiger charge is -2.22. The molecule has 0 radical (unpaired) electrons. The van der Waals surface area contributed by atoms with E-state index in [1.165, 1.54) is 0 Å². The third-order valence-electron chi connectivity index (χ3n) is 3.21. The Morgan fingerprint density at radius 2 is 1.95 bits per heavy atom. The van der Waals surface area contributed by atoms with Gasteiger partial charge in [0.1, 0.15) is 0 Å². The van der Waals surface area contributed by atoms with Crippen molar-refractivity contribution in [3.05, 3.63) is 64.7 Å². The first-order valence-electron chi connectivity index (χ1n) is 6.96. The van der Waals surface area contributed by atoms with Crippen molar-refractivity contribution < 1.29 is 4.79 Å². The molecule has 2 rings (SSSR count). The van der Waals surface area contributed by atoms with Crippen molar-refractivity contribution in [3.63, 3.8) is 0 Å². The van der Waals surface area contributed by atoms with Crippen LogP contribution in [0.1, 0.15) is 18.1 Å². The Balaban J connectivity index is 2.04. The summed E-state index contributed by atoms with van der Waals surface area (Å²) in [6.45, 7) is 5.05. The molecule has 0 unspecified atom stereocenters. The number of nitrogens with one attached hydrogen (secondary N) is 1. The fourth-order valence-electron chi connectivity index (χ4n) is 2.16. The average molecular weight is 303 g/mol. The minimum absolute atomic E-state index is 0.108. The van der Waals surface area contributed by atoms with E-state index < -0.39 is 0 Å². The summed E-state index contributed by atoms with van der Waals surface area (Å²) >= 11 is 5.94. The van der Waals surface area contributed by atoms with Crippen LogP contribution in [0, 0.1) is 6.92 Å². The van der Waals surface area contributed by atoms with Gasteiger partial charge < -0.3 is 5.32 Å². The molecular weight excluding hydrogens is 284 g/mol. The second-order valence-corrected chi connectivity index (χ2v) is 5.31. The van der Waals surface area contributed by atoms with Crippen molar-refractivity contribution in [3.8, 4) is 0 Å². The van der Waals surface area contributed by atoms with Crippen LogP contribution in [-0.4, -0.2) is 12.6 Å². The maximum Gasteiger partial charge on any atom is 0.322 e. The molecule has 110 valence electrons. The molecule has 0 aliphatic heterocycles. The molecule has 0 saturated carbocycles. The minimum atomic E-state index is -0.108. The topological polar surface area (TPSA) is 32.3 Å². The van der Waals surface area contributed by atoms with E-state index in [1.54, 1.807) is 4.90 Å². The minimum Gasteiger partial charge on any atom is -0.334 e. The standard InChI is InChI=1S/C17H19ClN2O/c1-3-20(16-9-4-6-13(2)10-16)17(21)19-12-14-7-5-8-15(18)11-14/h4-11H,3,12H2,1-2H3,(H,19,21). The highest BCUT2D eigenvalue weighted by Gasteiger charge is 2.13. The molecule has 4 heteroatoms. The highest BCUT2D eigenvalue weighted by molar-refractivity contribution is 6.30. The van der Waals surface area contributed by atoms with Gasteiger partial charge in [0.2, 0.25) is 0 Å². The normalized spacial score (nSPS) is 10.2. The number of hydrogen-bond acceptors (Lipinski definition) is 1. The quantitative estimate of drug-likeness (QED) is 0.893. The average Bonchev–Trinajstić information content (AvgIpc) is 2.46. The van der Waals surface area contributed by atoms with E-state index >= 15 is 0 Å². The number of urea groups is 1. The van der Waals surface area contributed by atoms with Gasteiger partial charge in [0.15, 0.2) is 0 Å². The summed E-state index contributed by atoms with van der Waals surface area (Å²) in [5.41, 5.74) is 3.02. The first-order chi connectivity index (χ1) is 10.1. The molecule has 0 aliphatic rings. The van der Waals surface area contributed by atoms with Crippen molar-refractivity contribution >= 4 is 23.3 Å². The molecule has 2 aromatic carbocycles. The molecular formula is C17H19ClN2O. The van der Waals surface area contributed by atoms with Crippen molar-refractivity contribution in [1.82, 2.24) is 5.32 Å². The number of hydrogen-bond donors (Lipinski definition) is 1. The molecule has 0 aliphatic carbocycles. The molecule has 3 nitrogen and oxygen atoms in total. The van der Waals surface area contributed by atoms with Crippen LogP contribution in [0.25, 0.3) is 0 Å². The zero-order chi connectivity index (χ0) is 15.2. The first kappa shape index (κ1) is 15.4. The smallest absolute Gasteiger partial charge is 0.322 e. The fraction of sp³-hybridized carbons (Fsp3) is 0.235. The number of carbonyl (C=O) groups excluding carboxylic acids is 1. The Morgan fingerprint density at radius 3 is 2.62 bits per heavy atom. The van der Waals surface area contributed by atoms with Crippen molar-refractivity contribution in [2.45, 2.75) is 20.4 Å². The van der Waals surface area contributed by atoms with Gasteiger partial charge in [-0.2, -0.15) is 0 Å². The Hall–Kier alpha value is -2.00. The highest BCUT2D eigenvalue weighted by atomic mass is 35.5. The van der Waals surface area contributed by atoms with Gasteiger partial charge in [-0.3, -0.25) is 4.90 Å². The molecule has 0 saturated heterocycles. The van der Waals surface area contributed by atoms with Gasteiger partial charge in [-0.15, -0.1) is 0 Å². The molecule has 21 heavy (non-hydrogen) atoms. The largest absolute Gasteiger partial charge is 0.334 e. The summed E-state index contributed by atoms with van der Waals surface area (Å²) in [6, 6.07) is 15.3. The summed E-state index contributed by atoms with van der Waals surface area (Å²) in [6.07, 6.45) is 0. The molecule has 0 bridgehead atoms. The van der Waals surface area contributed by atoms with Crippen LogP contribution >= 0.6 is 11.6 Å². The van der Waals surface area contributed by atoms with Crippen LogP contribution in [0.15, 0.2) is 48.5 Å². The van der Waals surface area contributed by atoms with Gasteiger partial charge in [-0.05, 0) is 49.2 Å². The number of nitrogens with zero attached hydrogens (tertiary/aromatic N) is 1. The zero-order valence-electron chi connectivity index (χ0n) is 12.3. The summed E-state index contributed by atoms with van der Waals surface area (Å²) in [4.78, 5) is 14.0. The predicted octanol–water partition coefficient (Wildman–Crippen LogP) is 4.38. The Morgan fingerprint density at radius 1 is 1.19 bits per heavy atom. The number of amides is 2. The maximum atomic E-state index is 12.3. The van der Waals surface area contributed by atoms with E-state index in [9.17, 15) is 4.79 Å². The molecule has 1 N–H and O–H groups in total. The number of rotatable bonds is 4. The van der Waals surface area contributed by atoms with E-state index in [0.717, 1.165) is 16.8 Å². The molecule has 0 aromatic heterocycles. The van der Waals surface area contributed by atoms with Gasteiger partial charge >= 0.3 is 6.03 Å². The molecule has 0 spiro atoms. The lowest BCUT2D eigenvalue weighted by Crippen LogP contribution is -2.39. The Kier molecular flexibility index (Phi) is 5.23. The third kappa shape index (κ3) is 4.23. The van der Waals surface area contributed by atoms with E-state index in [1.807, 2.05) is 62.4 Å². The van der Waals surface area contributed by atoms with Crippen LogP contribution < -0.4 is 10.2 Å². The first-order valence-corrected chi connectivity index (χ1v) is 7.34. The van der Waals surface area contributed by atoms with Crippen molar-refractivity contribution in [2.24, 2.45) is 0 Å². The number of benzene rings is 2. The molecule has 2 amide bonds. The number of aryl methyl sites for hydroxylation is 1. The third-order valence-corrected chi connectivity index (χ3v) is 3.44. The number of halogens is 1. The number of carbonyl (C=O) groups is 1. The molecule has 0 fully saturated rings. The van der Waals surface area contributed by atoms with Crippen LogP contribution in [0.2, 0.25) is 5.02 Å². The Labute approximate surface area is 130 Å². The fourth-order valence-corrected chi connectivity index (χ4v) is 2.37. The maximum absolute atomic E-state index is 12.3. The molecule has 2 aromatic rings. The summed E-state index contributed by atoms with van der Waals surface area (Å²) in [5.74, 6) is 0. The van der Waals surface area contributed by atoms with E-state index in [4.69, 9.17) is 11.6 Å². The predicted molar refractivity (Wildman–Crippen MR) is 87.9 cm³/mol. The van der Waals surface area contributed by atoms with Crippen LogP contribution in [-0.2, 0) is 6.54 Å². The van der Waals surface area contributed by atoms with Gasteiger partial charge in [0, 0.05) is 23.8 Å². The van der Waals surface area contributed by atoms with Gasteiger partial charge in [0.05, 0.1) is 0 Å². The molecule has 0 heterocycles. The van der Waals surface area contributed by atoms with Crippen LogP contribution in [0.3, 0.4) is 0 Å². The number of anilines is 1. The highest BCUT2D eigenvalue weighted by Crippen LogP contribution is 2.16. The zero-order valence-corrected chi connectivity index (χ0v) is 13.0. The van der Waals surface area contributed by atoms with Gasteiger partial charge in [0.25, 0.3) is 0 Å². The van der Waals surface area contributed by atoms with E-state index in [0.29, 0.717) is 18.1 Å². The second-order valence-electron chi connectivity index (χ2n) is 4.87. The SMILES string of the molecule is CCN(C(=O)NCc1cccc(Cl)c1)c1cccc(C)c1.